The molecule has 3 rings (SSSR count). The van der Waals surface area contributed by atoms with Crippen LogP contribution < -0.4 is 22.9 Å². The summed E-state index contributed by atoms with van der Waals surface area (Å²) in [4.78, 5) is 12.6. The molecule has 0 bridgehead atoms. The molecule has 244 valence electrons. The van der Waals surface area contributed by atoms with Gasteiger partial charge in [-0.05, 0) is 38.6 Å². The largest absolute Gasteiger partial charge is 0.391 e. The highest BCUT2D eigenvalue weighted by Crippen LogP contribution is 2.36. The molecular formula is C25H47N5O12. The van der Waals surface area contributed by atoms with Crippen LogP contribution in [0.3, 0.4) is 0 Å². The number of aliphatic hydroxyl groups excluding tert-OH is 7. The molecule has 3 aliphatic rings. The van der Waals surface area contributed by atoms with Crippen LogP contribution in [0.4, 0.5) is 0 Å². The number of Topliss-reactive ketones (excluding diaryl/α,β-unsaturated/α-hetero) is 1. The highest BCUT2D eigenvalue weighted by atomic mass is 16.7. The molecule has 0 amide bonds. The molecule has 16 N–H and O–H groups in total. The van der Waals surface area contributed by atoms with E-state index < -0.39 is 104 Å². The first-order valence-electron chi connectivity index (χ1n) is 14.1. The molecule has 0 spiro atoms. The van der Waals surface area contributed by atoms with Gasteiger partial charge < -0.3 is 77.6 Å². The fraction of sp³-hybridized carbons (Fsp3) is 0.920. The second-order valence-corrected chi connectivity index (χ2v) is 11.5. The average Bonchev–Trinajstić information content (AvgIpc) is 3.19. The highest BCUT2D eigenvalue weighted by Gasteiger charge is 2.53. The van der Waals surface area contributed by atoms with E-state index in [1.165, 1.54) is 6.92 Å². The molecule has 16 atom stereocenters. The summed E-state index contributed by atoms with van der Waals surface area (Å²) in [6.07, 6.45) is -18.0. The van der Waals surface area contributed by atoms with Crippen molar-refractivity contribution >= 4 is 11.6 Å². The number of ether oxygens (including phenoxy) is 4. The number of carbonyl (C=O) groups is 1. The Balaban J connectivity index is 1.85. The van der Waals surface area contributed by atoms with Crippen molar-refractivity contribution in [2.75, 3.05) is 6.54 Å². The Labute approximate surface area is 243 Å². The van der Waals surface area contributed by atoms with Gasteiger partial charge in [0.15, 0.2) is 18.4 Å². The lowest BCUT2D eigenvalue weighted by Gasteiger charge is -2.48. The van der Waals surface area contributed by atoms with Crippen molar-refractivity contribution in [2.45, 2.75) is 131 Å². The Morgan fingerprint density at radius 3 is 2.19 bits per heavy atom. The third-order valence-corrected chi connectivity index (χ3v) is 8.18. The molecule has 0 aromatic carbocycles. The maximum absolute atomic E-state index is 12.6. The Bertz CT molecular complexity index is 904. The maximum Gasteiger partial charge on any atom is 0.187 e. The van der Waals surface area contributed by atoms with Gasteiger partial charge >= 0.3 is 0 Å². The van der Waals surface area contributed by atoms with E-state index in [0.29, 0.717) is 0 Å². The van der Waals surface area contributed by atoms with Crippen LogP contribution in [-0.4, -0.2) is 146 Å². The van der Waals surface area contributed by atoms with Crippen LogP contribution in [-0.2, 0) is 23.7 Å². The summed E-state index contributed by atoms with van der Waals surface area (Å²) in [5.74, 6) is -1.55. The van der Waals surface area contributed by atoms with E-state index in [-0.39, 0.29) is 44.5 Å². The molecule has 42 heavy (non-hydrogen) atoms. The summed E-state index contributed by atoms with van der Waals surface area (Å²) in [6.45, 7) is 1.41. The third-order valence-electron chi connectivity index (χ3n) is 8.18. The van der Waals surface area contributed by atoms with Crippen LogP contribution in [0, 0.1) is 11.3 Å². The van der Waals surface area contributed by atoms with Crippen molar-refractivity contribution in [3.05, 3.63) is 0 Å². The molecule has 0 radical (unpaired) electrons. The van der Waals surface area contributed by atoms with Gasteiger partial charge in [0.1, 0.15) is 48.8 Å². The van der Waals surface area contributed by atoms with Crippen molar-refractivity contribution < 1.29 is 59.5 Å². The van der Waals surface area contributed by atoms with E-state index in [9.17, 15) is 40.5 Å². The first kappa shape index (κ1) is 35.1. The molecule has 6 unspecified atom stereocenters. The molecule has 3 fully saturated rings. The summed E-state index contributed by atoms with van der Waals surface area (Å²) < 4.78 is 23.3. The fourth-order valence-corrected chi connectivity index (χ4v) is 5.69. The molecule has 17 nitrogen and oxygen atoms in total. The normalized spacial score (nSPS) is 44.1. The van der Waals surface area contributed by atoms with Crippen LogP contribution in [0.2, 0.25) is 0 Å². The summed E-state index contributed by atoms with van der Waals surface area (Å²) in [7, 11) is 0. The zero-order valence-electron chi connectivity index (χ0n) is 23.5. The lowest BCUT2D eigenvalue weighted by Crippen LogP contribution is -2.67. The minimum Gasteiger partial charge on any atom is -0.391 e. The first-order valence-corrected chi connectivity index (χ1v) is 14.1. The zero-order valence-corrected chi connectivity index (χ0v) is 23.5. The van der Waals surface area contributed by atoms with Gasteiger partial charge in [-0.1, -0.05) is 0 Å². The Morgan fingerprint density at radius 1 is 0.952 bits per heavy atom. The van der Waals surface area contributed by atoms with Crippen LogP contribution >= 0.6 is 0 Å². The molecule has 2 aliphatic heterocycles. The quantitative estimate of drug-likeness (QED) is 0.0684. The fourth-order valence-electron chi connectivity index (χ4n) is 5.69. The monoisotopic (exact) mass is 609 g/mol. The van der Waals surface area contributed by atoms with Crippen LogP contribution in [0.15, 0.2) is 0 Å². The van der Waals surface area contributed by atoms with E-state index in [0.717, 1.165) is 0 Å². The third kappa shape index (κ3) is 7.99. The molecule has 2 saturated heterocycles. The Hall–Kier alpha value is -1.42. The van der Waals surface area contributed by atoms with Gasteiger partial charge in [-0.3, -0.25) is 10.2 Å². The lowest BCUT2D eigenvalue weighted by molar-refractivity contribution is -0.317. The summed E-state index contributed by atoms with van der Waals surface area (Å²) in [6, 6.07) is -2.26. The van der Waals surface area contributed by atoms with Gasteiger partial charge in [-0.2, -0.15) is 0 Å². The van der Waals surface area contributed by atoms with Gasteiger partial charge in [0.2, 0.25) is 0 Å². The molecule has 0 aromatic heterocycles. The topological polar surface area (TPSA) is 324 Å². The van der Waals surface area contributed by atoms with E-state index in [1.54, 1.807) is 0 Å². The van der Waals surface area contributed by atoms with E-state index in [1.807, 2.05) is 0 Å². The number of nitrogens with one attached hydrogen (secondary N) is 1. The number of ketones is 1. The summed E-state index contributed by atoms with van der Waals surface area (Å²) >= 11 is 0. The van der Waals surface area contributed by atoms with Gasteiger partial charge in [-0.15, -0.1) is 0 Å². The number of amidine groups is 1. The minimum atomic E-state index is -1.58. The number of carbonyl (C=O) groups excluding carboxylic acids is 1. The lowest BCUT2D eigenvalue weighted by atomic mass is 9.76. The van der Waals surface area contributed by atoms with E-state index >= 15 is 0 Å². The average molecular weight is 610 g/mol. The molecule has 0 aromatic rings. The Kier molecular flexibility index (Phi) is 12.6. The van der Waals surface area contributed by atoms with Crippen LogP contribution in [0.1, 0.15) is 39.0 Å². The Morgan fingerprint density at radius 2 is 1.60 bits per heavy atom. The smallest absolute Gasteiger partial charge is 0.187 e. The minimum absolute atomic E-state index is 0.0116. The van der Waals surface area contributed by atoms with Crippen molar-refractivity contribution in [2.24, 2.45) is 28.9 Å². The van der Waals surface area contributed by atoms with Crippen molar-refractivity contribution in [1.29, 1.82) is 5.41 Å². The molecular weight excluding hydrogens is 562 g/mol. The predicted octanol–water partition coefficient (Wildman–Crippen LogP) is -5.55. The van der Waals surface area contributed by atoms with Crippen molar-refractivity contribution in [3.8, 4) is 0 Å². The first-order chi connectivity index (χ1) is 19.7. The summed E-state index contributed by atoms with van der Waals surface area (Å²) in [5, 5.41) is 80.8. The van der Waals surface area contributed by atoms with Crippen molar-refractivity contribution in [3.63, 3.8) is 0 Å². The predicted molar refractivity (Wildman–Crippen MR) is 143 cm³/mol. The number of hydrogen-bond acceptors (Lipinski definition) is 16. The second-order valence-electron chi connectivity index (χ2n) is 11.5. The van der Waals surface area contributed by atoms with Gasteiger partial charge in [0.25, 0.3) is 0 Å². The van der Waals surface area contributed by atoms with Crippen LogP contribution in [0.5, 0.6) is 0 Å². The number of rotatable bonds is 13. The number of aliphatic hydroxyl groups is 7. The SMILES string of the molecule is C[C@@H](O)C1O[C@H](O[C@@H]2C(N)C[C@@H](CC(=O)C(O)CCN)C(O)[C@H]2O[C@@H]2O[C@H](CCC(=N)N)[C@H](O)C2O)C(N)[C@@H](O)[C@@H]1O. The van der Waals surface area contributed by atoms with Gasteiger partial charge in [0.05, 0.1) is 30.2 Å². The molecule has 1 saturated carbocycles. The molecule has 1 aliphatic carbocycles. The second kappa shape index (κ2) is 15.0. The number of hydrogen-bond donors (Lipinski definition) is 12. The summed E-state index contributed by atoms with van der Waals surface area (Å²) in [5.41, 5.74) is 23.3. The zero-order chi connectivity index (χ0) is 31.5. The highest BCUT2D eigenvalue weighted by molar-refractivity contribution is 5.83. The standard InChI is InChI=1S/C25H47N5O12/c1-8(31)21-19(37)18(36)15(30)24(40-21)41-22-10(27)6-9(7-12(33)11(32)4-5-26)16(34)23(22)42-25-20(38)17(35)13(39-25)2-3-14(28)29/h8-11,13,15-25,31-32,34-38H,2-7,26-27,30H2,1H3,(H3,28,29)/t8-,9+,10?,11?,13-,15?,16?,17+,18-,19+,20?,21?,22-,23-,24-,25+/m1/s1. The van der Waals surface area contributed by atoms with E-state index in [4.69, 9.17) is 47.3 Å². The number of nitrogens with two attached hydrogens (primary N) is 4. The molecule has 17 heteroatoms. The van der Waals surface area contributed by atoms with Crippen LogP contribution in [0.25, 0.3) is 0 Å². The molecule has 2 heterocycles. The maximum atomic E-state index is 12.6. The van der Waals surface area contributed by atoms with Crippen molar-refractivity contribution in [1.82, 2.24) is 0 Å². The van der Waals surface area contributed by atoms with Gasteiger partial charge in [-0.25, -0.2) is 0 Å². The van der Waals surface area contributed by atoms with E-state index in [2.05, 4.69) is 0 Å². The van der Waals surface area contributed by atoms with Gasteiger partial charge in [0, 0.05) is 18.9 Å².